The summed E-state index contributed by atoms with van der Waals surface area (Å²) in [7, 11) is 0. The zero-order chi connectivity index (χ0) is 25.1. The smallest absolute Gasteiger partial charge is 0.318 e. The van der Waals surface area contributed by atoms with E-state index >= 15 is 0 Å². The molecule has 0 saturated heterocycles. The van der Waals surface area contributed by atoms with Crippen LogP contribution in [0.2, 0.25) is 0 Å². The standard InChI is InChI=1S/C29H32FN3O3/c1-2-36-26(34)19-29(16-6-3-7-17-29)31-28(35)33-20-22-9-4-5-10-24(22)32-18-8-11-25(32)27(33)21-12-14-23(30)15-13-21/h4-5,8-15,18,27H,2-3,6-7,16-17,19-20H2,1H3,(H,31,35)/t27-/m1/s1. The molecule has 36 heavy (non-hydrogen) atoms. The van der Waals surface area contributed by atoms with Gasteiger partial charge in [-0.2, -0.15) is 0 Å². The summed E-state index contributed by atoms with van der Waals surface area (Å²) in [6.07, 6.45) is 6.62. The van der Waals surface area contributed by atoms with Gasteiger partial charge in [-0.25, -0.2) is 9.18 Å². The van der Waals surface area contributed by atoms with Crippen molar-refractivity contribution in [3.05, 3.63) is 89.5 Å². The average Bonchev–Trinajstić information content (AvgIpc) is 3.29. The molecule has 1 fully saturated rings. The van der Waals surface area contributed by atoms with Crippen LogP contribution >= 0.6 is 0 Å². The van der Waals surface area contributed by atoms with Crippen molar-refractivity contribution < 1.29 is 18.7 Å². The molecule has 6 nitrogen and oxygen atoms in total. The van der Waals surface area contributed by atoms with E-state index in [1.807, 2.05) is 47.5 Å². The van der Waals surface area contributed by atoms with Gasteiger partial charge in [0.25, 0.3) is 0 Å². The number of rotatable bonds is 5. The third kappa shape index (κ3) is 4.74. The lowest BCUT2D eigenvalue weighted by atomic mass is 9.79. The van der Waals surface area contributed by atoms with Crippen molar-refractivity contribution in [2.45, 2.75) is 63.6 Å². The number of aromatic nitrogens is 1. The molecular weight excluding hydrogens is 457 g/mol. The Hall–Kier alpha value is -3.61. The van der Waals surface area contributed by atoms with E-state index < -0.39 is 11.6 Å². The molecule has 1 aromatic heterocycles. The predicted molar refractivity (Wildman–Crippen MR) is 135 cm³/mol. The number of carbonyl (C=O) groups is 2. The van der Waals surface area contributed by atoms with Crippen molar-refractivity contribution in [2.24, 2.45) is 0 Å². The Morgan fingerprint density at radius 3 is 2.53 bits per heavy atom. The molecule has 0 spiro atoms. The third-order valence-electron chi connectivity index (χ3n) is 7.38. The molecule has 1 atom stereocenters. The number of benzene rings is 2. The molecule has 2 amide bonds. The summed E-state index contributed by atoms with van der Waals surface area (Å²) in [6.45, 7) is 2.48. The Kier molecular flexibility index (Phi) is 6.81. The third-order valence-corrected chi connectivity index (χ3v) is 7.38. The number of carbonyl (C=O) groups excluding carboxylic acids is 2. The number of nitrogens with one attached hydrogen (secondary N) is 1. The summed E-state index contributed by atoms with van der Waals surface area (Å²) >= 11 is 0. The predicted octanol–water partition coefficient (Wildman–Crippen LogP) is 5.89. The average molecular weight is 490 g/mol. The maximum atomic E-state index is 14.1. The van der Waals surface area contributed by atoms with Gasteiger partial charge in [-0.3, -0.25) is 4.79 Å². The van der Waals surface area contributed by atoms with Crippen LogP contribution in [0.25, 0.3) is 5.69 Å². The van der Waals surface area contributed by atoms with Crippen molar-refractivity contribution in [3.63, 3.8) is 0 Å². The molecule has 2 aromatic carbocycles. The molecule has 1 N–H and O–H groups in total. The number of urea groups is 1. The van der Waals surface area contributed by atoms with E-state index in [4.69, 9.17) is 4.74 Å². The zero-order valence-electron chi connectivity index (χ0n) is 20.6. The lowest BCUT2D eigenvalue weighted by molar-refractivity contribution is -0.145. The van der Waals surface area contributed by atoms with Crippen LogP contribution in [-0.4, -0.2) is 33.6 Å². The van der Waals surface area contributed by atoms with Crippen LogP contribution in [0.4, 0.5) is 9.18 Å². The number of esters is 1. The SMILES string of the molecule is CCOC(=O)CC1(NC(=O)N2Cc3ccccc3-n3cccc3[C@H]2c2ccc(F)cc2)CCCCC1. The van der Waals surface area contributed by atoms with E-state index in [-0.39, 0.29) is 24.2 Å². The zero-order valence-corrected chi connectivity index (χ0v) is 20.6. The molecule has 188 valence electrons. The molecule has 0 radical (unpaired) electrons. The topological polar surface area (TPSA) is 63.6 Å². The molecule has 0 unspecified atom stereocenters. The summed E-state index contributed by atoms with van der Waals surface area (Å²) in [5, 5.41) is 3.29. The minimum absolute atomic E-state index is 0.161. The van der Waals surface area contributed by atoms with E-state index in [1.54, 1.807) is 19.1 Å². The fraction of sp³-hybridized carbons (Fsp3) is 0.379. The number of nitrogens with zero attached hydrogens (tertiary/aromatic N) is 2. The molecule has 2 heterocycles. The fourth-order valence-electron chi connectivity index (χ4n) is 5.70. The van der Waals surface area contributed by atoms with Crippen LogP contribution in [0.1, 0.15) is 68.3 Å². The molecule has 7 heteroatoms. The Morgan fingerprint density at radius 2 is 1.78 bits per heavy atom. The first-order valence-corrected chi connectivity index (χ1v) is 12.7. The maximum Gasteiger partial charge on any atom is 0.318 e. The summed E-state index contributed by atoms with van der Waals surface area (Å²) < 4.78 is 21.2. The highest BCUT2D eigenvalue weighted by molar-refractivity contribution is 5.79. The highest BCUT2D eigenvalue weighted by atomic mass is 19.1. The van der Waals surface area contributed by atoms with Crippen molar-refractivity contribution in [1.82, 2.24) is 14.8 Å². The minimum Gasteiger partial charge on any atom is -0.466 e. The van der Waals surface area contributed by atoms with Crippen LogP contribution in [0.5, 0.6) is 0 Å². The van der Waals surface area contributed by atoms with Gasteiger partial charge in [0, 0.05) is 11.9 Å². The Morgan fingerprint density at radius 1 is 1.03 bits per heavy atom. The lowest BCUT2D eigenvalue weighted by Crippen LogP contribution is -2.55. The van der Waals surface area contributed by atoms with Gasteiger partial charge in [-0.05, 0) is 61.2 Å². The van der Waals surface area contributed by atoms with E-state index in [1.165, 1.54) is 12.1 Å². The van der Waals surface area contributed by atoms with Crippen LogP contribution in [0, 0.1) is 5.82 Å². The highest BCUT2D eigenvalue weighted by Gasteiger charge is 2.40. The Bertz CT molecular complexity index is 1230. The largest absolute Gasteiger partial charge is 0.466 e. The van der Waals surface area contributed by atoms with Crippen LogP contribution < -0.4 is 5.32 Å². The maximum absolute atomic E-state index is 14.1. The van der Waals surface area contributed by atoms with Gasteiger partial charge in [-0.1, -0.05) is 49.6 Å². The molecule has 3 aromatic rings. The van der Waals surface area contributed by atoms with Gasteiger partial charge in [0.05, 0.1) is 36.8 Å². The summed E-state index contributed by atoms with van der Waals surface area (Å²) in [4.78, 5) is 28.5. The molecule has 1 aliphatic heterocycles. The Labute approximate surface area is 211 Å². The minimum atomic E-state index is -0.636. The number of ether oxygens (including phenoxy) is 1. The molecule has 2 aliphatic rings. The van der Waals surface area contributed by atoms with Crippen molar-refractivity contribution >= 4 is 12.0 Å². The van der Waals surface area contributed by atoms with Crippen LogP contribution in [-0.2, 0) is 16.1 Å². The second kappa shape index (κ2) is 10.2. The number of halogens is 1. The number of para-hydroxylation sites is 1. The van der Waals surface area contributed by atoms with E-state index in [9.17, 15) is 14.0 Å². The number of amides is 2. The van der Waals surface area contributed by atoms with Gasteiger partial charge in [0.15, 0.2) is 0 Å². The van der Waals surface area contributed by atoms with E-state index in [2.05, 4.69) is 9.88 Å². The second-order valence-corrected chi connectivity index (χ2v) is 9.77. The van der Waals surface area contributed by atoms with Crippen LogP contribution in [0.15, 0.2) is 66.9 Å². The summed E-state index contributed by atoms with van der Waals surface area (Å²) in [6, 6.07) is 17.7. The molecule has 5 rings (SSSR count). The first-order chi connectivity index (χ1) is 17.5. The van der Waals surface area contributed by atoms with Crippen molar-refractivity contribution in [2.75, 3.05) is 6.61 Å². The van der Waals surface area contributed by atoms with Gasteiger partial charge in [0.2, 0.25) is 0 Å². The summed E-state index contributed by atoms with van der Waals surface area (Å²) in [5.74, 6) is -0.609. The van der Waals surface area contributed by atoms with Crippen LogP contribution in [0.3, 0.4) is 0 Å². The van der Waals surface area contributed by atoms with E-state index in [0.29, 0.717) is 13.2 Å². The fourth-order valence-corrected chi connectivity index (χ4v) is 5.70. The number of hydrogen-bond donors (Lipinski definition) is 1. The van der Waals surface area contributed by atoms with Crippen molar-refractivity contribution in [1.29, 1.82) is 0 Å². The molecular formula is C29H32FN3O3. The number of hydrogen-bond acceptors (Lipinski definition) is 3. The molecule has 1 aliphatic carbocycles. The van der Waals surface area contributed by atoms with Gasteiger partial charge in [0.1, 0.15) is 5.82 Å². The monoisotopic (exact) mass is 489 g/mol. The van der Waals surface area contributed by atoms with Gasteiger partial charge >= 0.3 is 12.0 Å². The normalized spacial score (nSPS) is 18.5. The van der Waals surface area contributed by atoms with Crippen molar-refractivity contribution in [3.8, 4) is 5.69 Å². The molecule has 0 bridgehead atoms. The first-order valence-electron chi connectivity index (χ1n) is 12.7. The van der Waals surface area contributed by atoms with E-state index in [0.717, 1.165) is 54.6 Å². The molecule has 1 saturated carbocycles. The van der Waals surface area contributed by atoms with Gasteiger partial charge < -0.3 is 19.5 Å². The quantitative estimate of drug-likeness (QED) is 0.455. The lowest BCUT2D eigenvalue weighted by Gasteiger charge is -2.40. The van der Waals surface area contributed by atoms with Gasteiger partial charge in [-0.15, -0.1) is 0 Å². The highest BCUT2D eigenvalue weighted by Crippen LogP contribution is 2.38. The Balaban J connectivity index is 1.55. The summed E-state index contributed by atoms with van der Waals surface area (Å²) in [5.41, 5.74) is 3.13. The number of fused-ring (bicyclic) bond motifs is 3. The second-order valence-electron chi connectivity index (χ2n) is 9.77. The first kappa shape index (κ1) is 24.1.